The highest BCUT2D eigenvalue weighted by atomic mass is 32.2. The second-order valence-electron chi connectivity index (χ2n) is 6.00. The fraction of sp³-hybridized carbons (Fsp3) is 0.688. The van der Waals surface area contributed by atoms with Crippen molar-refractivity contribution in [3.63, 3.8) is 0 Å². The van der Waals surface area contributed by atoms with Gasteiger partial charge in [0.1, 0.15) is 11.8 Å². The highest BCUT2D eigenvalue weighted by molar-refractivity contribution is 7.99. The van der Waals surface area contributed by atoms with Gasteiger partial charge < -0.3 is 14.6 Å². The fourth-order valence-corrected chi connectivity index (χ4v) is 4.51. The number of hydrogen-bond acceptors (Lipinski definition) is 4. The van der Waals surface area contributed by atoms with Gasteiger partial charge in [-0.1, -0.05) is 6.42 Å². The van der Waals surface area contributed by atoms with Gasteiger partial charge in [0.05, 0.1) is 6.26 Å². The third-order valence-corrected chi connectivity index (χ3v) is 5.81. The van der Waals surface area contributed by atoms with Crippen LogP contribution < -0.4 is 5.32 Å². The summed E-state index contributed by atoms with van der Waals surface area (Å²) in [5.41, 5.74) is 1.17. The summed E-state index contributed by atoms with van der Waals surface area (Å²) in [5.74, 6) is 4.08. The van der Waals surface area contributed by atoms with E-state index in [0.717, 1.165) is 25.3 Å². The van der Waals surface area contributed by atoms with Crippen LogP contribution >= 0.6 is 11.8 Å². The number of hydrogen-bond donors (Lipinski definition) is 1. The molecule has 1 saturated heterocycles. The lowest BCUT2D eigenvalue weighted by Crippen LogP contribution is -2.42. The summed E-state index contributed by atoms with van der Waals surface area (Å²) in [5, 5.41) is 3.13. The van der Waals surface area contributed by atoms with Crippen molar-refractivity contribution in [2.45, 2.75) is 31.7 Å². The lowest BCUT2D eigenvalue weighted by molar-refractivity contribution is -0.134. The molecule has 3 heterocycles. The average molecular weight is 308 g/mol. The zero-order valence-electron chi connectivity index (χ0n) is 12.6. The molecule has 3 rings (SSSR count). The molecule has 5 heteroatoms. The van der Waals surface area contributed by atoms with Gasteiger partial charge in [0.25, 0.3) is 0 Å². The van der Waals surface area contributed by atoms with Gasteiger partial charge in [-0.2, -0.15) is 11.8 Å². The van der Waals surface area contributed by atoms with Crippen LogP contribution in [0.2, 0.25) is 0 Å². The van der Waals surface area contributed by atoms with E-state index >= 15 is 0 Å². The van der Waals surface area contributed by atoms with Crippen molar-refractivity contribution >= 4 is 17.7 Å². The third-order valence-electron chi connectivity index (χ3n) is 4.52. The Kier molecular flexibility index (Phi) is 4.91. The molecule has 2 aliphatic heterocycles. The minimum absolute atomic E-state index is 0.167. The second-order valence-corrected chi connectivity index (χ2v) is 7.15. The summed E-state index contributed by atoms with van der Waals surface area (Å²) >= 11 is 2.04. The topological polar surface area (TPSA) is 45.5 Å². The van der Waals surface area contributed by atoms with Crippen molar-refractivity contribution in [1.29, 1.82) is 0 Å². The van der Waals surface area contributed by atoms with Crippen molar-refractivity contribution < 1.29 is 9.21 Å². The number of fused-ring (bicyclic) bond motifs is 1. The molecule has 1 fully saturated rings. The van der Waals surface area contributed by atoms with Gasteiger partial charge in [-0.05, 0) is 55.4 Å². The van der Waals surface area contributed by atoms with Crippen LogP contribution in [0.25, 0.3) is 0 Å². The van der Waals surface area contributed by atoms with Crippen LogP contribution in [0.5, 0.6) is 0 Å². The highest BCUT2D eigenvalue weighted by Crippen LogP contribution is 2.28. The molecule has 1 aromatic heterocycles. The maximum absolute atomic E-state index is 12.8. The Balaban J connectivity index is 1.71. The molecule has 1 amide bonds. The summed E-state index contributed by atoms with van der Waals surface area (Å²) in [6.07, 6.45) is 6.47. The summed E-state index contributed by atoms with van der Waals surface area (Å²) in [6, 6.07) is 1.67. The number of carbonyl (C=O) groups excluding carboxylic acids is 1. The van der Waals surface area contributed by atoms with Gasteiger partial charge in [0, 0.05) is 13.1 Å². The lowest BCUT2D eigenvalue weighted by Gasteiger charge is -2.27. The molecule has 4 nitrogen and oxygen atoms in total. The average Bonchev–Trinajstić information content (AvgIpc) is 2.73. The van der Waals surface area contributed by atoms with Gasteiger partial charge in [-0.25, -0.2) is 0 Å². The van der Waals surface area contributed by atoms with Crippen molar-refractivity contribution in [1.82, 2.24) is 10.2 Å². The quantitative estimate of drug-likeness (QED) is 0.932. The number of nitrogens with zero attached hydrogens (tertiary/aromatic N) is 1. The van der Waals surface area contributed by atoms with Crippen LogP contribution in [0.3, 0.4) is 0 Å². The Morgan fingerprint density at radius 3 is 3.24 bits per heavy atom. The first-order valence-electron chi connectivity index (χ1n) is 7.89. The van der Waals surface area contributed by atoms with E-state index in [-0.39, 0.29) is 11.9 Å². The Hall–Kier alpha value is -0.940. The molecule has 0 spiro atoms. The second kappa shape index (κ2) is 6.88. The largest absolute Gasteiger partial charge is 0.467 e. The van der Waals surface area contributed by atoms with Crippen molar-refractivity contribution in [2.24, 2.45) is 5.92 Å². The fourth-order valence-electron chi connectivity index (χ4n) is 3.33. The van der Waals surface area contributed by atoms with Crippen LogP contribution in [0, 0.1) is 5.92 Å². The predicted octanol–water partition coefficient (Wildman–Crippen LogP) is 2.46. The van der Waals surface area contributed by atoms with Gasteiger partial charge in [0.15, 0.2) is 0 Å². The van der Waals surface area contributed by atoms with Gasteiger partial charge in [-0.15, -0.1) is 0 Å². The van der Waals surface area contributed by atoms with Crippen LogP contribution in [0.15, 0.2) is 16.7 Å². The first-order chi connectivity index (χ1) is 10.3. The van der Waals surface area contributed by atoms with E-state index in [1.54, 1.807) is 6.26 Å². The maximum atomic E-state index is 12.8. The standard InChI is InChI=1S/C16H24N2O2S/c1-17-14-15-13(6-8-20-15)5-7-18(16(14)19)10-12-4-2-3-9-21-11-12/h6,8,12,14,17H,2-5,7,9-11H2,1H3. The Labute approximate surface area is 130 Å². The molecule has 0 bridgehead atoms. The Morgan fingerprint density at radius 2 is 2.38 bits per heavy atom. The molecule has 0 saturated carbocycles. The van der Waals surface area contributed by atoms with E-state index in [9.17, 15) is 4.79 Å². The van der Waals surface area contributed by atoms with E-state index in [1.807, 2.05) is 29.8 Å². The summed E-state index contributed by atoms with van der Waals surface area (Å²) in [7, 11) is 1.83. The van der Waals surface area contributed by atoms with E-state index in [1.165, 1.54) is 36.3 Å². The number of thioether (sulfide) groups is 1. The van der Waals surface area contributed by atoms with Crippen LogP contribution in [-0.4, -0.2) is 42.4 Å². The minimum atomic E-state index is -0.323. The van der Waals surface area contributed by atoms with Crippen LogP contribution in [0.4, 0.5) is 0 Å². The molecule has 1 N–H and O–H groups in total. The van der Waals surface area contributed by atoms with E-state index < -0.39 is 0 Å². The first-order valence-corrected chi connectivity index (χ1v) is 9.05. The van der Waals surface area contributed by atoms with Gasteiger partial charge >= 0.3 is 0 Å². The molecule has 2 aliphatic rings. The van der Waals surface area contributed by atoms with Gasteiger partial charge in [0.2, 0.25) is 5.91 Å². The van der Waals surface area contributed by atoms with Crippen molar-refractivity contribution in [3.05, 3.63) is 23.7 Å². The zero-order chi connectivity index (χ0) is 14.7. The Morgan fingerprint density at radius 1 is 1.48 bits per heavy atom. The van der Waals surface area contributed by atoms with E-state index in [4.69, 9.17) is 4.42 Å². The number of amides is 1. The van der Waals surface area contributed by atoms with Crippen molar-refractivity contribution in [2.75, 3.05) is 31.6 Å². The van der Waals surface area contributed by atoms with E-state index in [0.29, 0.717) is 5.92 Å². The molecule has 0 aliphatic carbocycles. The minimum Gasteiger partial charge on any atom is -0.467 e. The highest BCUT2D eigenvalue weighted by Gasteiger charge is 2.33. The summed E-state index contributed by atoms with van der Waals surface area (Å²) in [6.45, 7) is 1.71. The predicted molar refractivity (Wildman–Crippen MR) is 85.5 cm³/mol. The molecule has 0 aromatic carbocycles. The molecule has 116 valence electrons. The molecule has 21 heavy (non-hydrogen) atoms. The normalized spacial score (nSPS) is 27.1. The molecular formula is C16H24N2O2S. The number of carbonyl (C=O) groups is 1. The molecule has 2 unspecified atom stereocenters. The Bertz CT molecular complexity index is 480. The molecule has 1 aromatic rings. The van der Waals surface area contributed by atoms with Crippen LogP contribution in [-0.2, 0) is 11.2 Å². The summed E-state index contributed by atoms with van der Waals surface area (Å²) < 4.78 is 5.55. The lowest BCUT2D eigenvalue weighted by atomic mass is 10.0. The monoisotopic (exact) mass is 308 g/mol. The number of furan rings is 1. The molecular weight excluding hydrogens is 284 g/mol. The third kappa shape index (κ3) is 3.29. The SMILES string of the molecule is CNC1C(=O)N(CC2CCCCSC2)CCc2ccoc21. The summed E-state index contributed by atoms with van der Waals surface area (Å²) in [4.78, 5) is 14.8. The first kappa shape index (κ1) is 15.0. The molecule has 2 atom stereocenters. The number of likely N-dealkylation sites (N-methyl/N-ethyl adjacent to an activating group) is 1. The number of nitrogens with one attached hydrogen (secondary N) is 1. The maximum Gasteiger partial charge on any atom is 0.247 e. The zero-order valence-corrected chi connectivity index (χ0v) is 13.5. The smallest absolute Gasteiger partial charge is 0.247 e. The van der Waals surface area contributed by atoms with Crippen LogP contribution in [0.1, 0.15) is 36.6 Å². The van der Waals surface area contributed by atoms with Crippen molar-refractivity contribution in [3.8, 4) is 0 Å². The number of rotatable bonds is 3. The van der Waals surface area contributed by atoms with E-state index in [2.05, 4.69) is 5.32 Å². The van der Waals surface area contributed by atoms with Gasteiger partial charge in [-0.3, -0.25) is 4.79 Å². The molecule has 0 radical (unpaired) electrons.